The molecule has 5 N–H and O–H groups in total. The number of aromatic hydroxyl groups is 1. The Balaban J connectivity index is 2.15. The number of nitrogens with two attached hydrogens (primary N) is 2. The zero-order valence-electron chi connectivity index (χ0n) is 13.5. The average Bonchev–Trinajstić information content (AvgIpc) is 2.86. The van der Waals surface area contributed by atoms with Gasteiger partial charge in [0.05, 0.1) is 23.3 Å². The topological polar surface area (TPSA) is 116 Å². The minimum absolute atomic E-state index is 0.0214. The Hall–Kier alpha value is -2.35. The number of nitrogens with zero attached hydrogens (tertiary/aromatic N) is 4. The summed E-state index contributed by atoms with van der Waals surface area (Å²) in [4.78, 5) is 12.8. The molecule has 0 fully saturated rings. The molecule has 8 heteroatoms. The molecule has 0 amide bonds. The van der Waals surface area contributed by atoms with Gasteiger partial charge in [-0.1, -0.05) is 13.3 Å². The lowest BCUT2D eigenvalue weighted by atomic mass is 10.1. The fraction of sp³-hybridized carbons (Fsp3) is 0.312. The molecule has 0 bridgehead atoms. The third-order valence-electron chi connectivity index (χ3n) is 3.99. The Morgan fingerprint density at radius 1 is 1.25 bits per heavy atom. The van der Waals surface area contributed by atoms with Crippen LogP contribution in [0.1, 0.15) is 30.2 Å². The number of fused-ring (bicyclic) bond motifs is 1. The van der Waals surface area contributed by atoms with Crippen molar-refractivity contribution in [1.29, 1.82) is 0 Å². The predicted molar refractivity (Wildman–Crippen MR) is 97.8 cm³/mol. The summed E-state index contributed by atoms with van der Waals surface area (Å²) in [7, 11) is 0. The van der Waals surface area contributed by atoms with Crippen LogP contribution in [0.15, 0.2) is 17.0 Å². The van der Waals surface area contributed by atoms with Crippen LogP contribution in [0.4, 0.5) is 11.6 Å². The summed E-state index contributed by atoms with van der Waals surface area (Å²) in [6, 6.07) is 0. The van der Waals surface area contributed by atoms with E-state index in [2.05, 4.69) is 37.8 Å². The van der Waals surface area contributed by atoms with Gasteiger partial charge < -0.3 is 21.1 Å². The first kappa shape index (κ1) is 16.5. The molecule has 0 saturated carbocycles. The van der Waals surface area contributed by atoms with Gasteiger partial charge in [0.2, 0.25) is 5.95 Å². The summed E-state index contributed by atoms with van der Waals surface area (Å²) in [6.07, 6.45) is 5.62. The normalized spacial score (nSPS) is 11.3. The zero-order chi connectivity index (χ0) is 17.4. The SMILES string of the molecule is CCCc1cn(Cc2cnc(C)c(O)c2N)c2nc(N)nc(Br)c12. The predicted octanol–water partition coefficient (Wildman–Crippen LogP) is 2.77. The molecule has 3 rings (SSSR count). The van der Waals surface area contributed by atoms with Gasteiger partial charge >= 0.3 is 0 Å². The van der Waals surface area contributed by atoms with Gasteiger partial charge in [0.1, 0.15) is 10.3 Å². The van der Waals surface area contributed by atoms with Crippen molar-refractivity contribution in [3.8, 4) is 5.75 Å². The van der Waals surface area contributed by atoms with Crippen molar-refractivity contribution in [3.05, 3.63) is 33.8 Å². The highest BCUT2D eigenvalue weighted by molar-refractivity contribution is 9.10. The van der Waals surface area contributed by atoms with Gasteiger partial charge in [-0.15, -0.1) is 0 Å². The van der Waals surface area contributed by atoms with Gasteiger partial charge in [-0.05, 0) is 34.8 Å². The maximum Gasteiger partial charge on any atom is 0.223 e. The molecule has 24 heavy (non-hydrogen) atoms. The number of hydrogen-bond acceptors (Lipinski definition) is 6. The molecule has 3 aromatic heterocycles. The molecule has 0 aliphatic heterocycles. The Kier molecular flexibility index (Phi) is 4.31. The van der Waals surface area contributed by atoms with E-state index in [0.717, 1.165) is 35.0 Å². The smallest absolute Gasteiger partial charge is 0.223 e. The first-order valence-corrected chi connectivity index (χ1v) is 8.45. The molecule has 0 aliphatic carbocycles. The Labute approximate surface area is 147 Å². The van der Waals surface area contributed by atoms with Crippen LogP contribution >= 0.6 is 15.9 Å². The van der Waals surface area contributed by atoms with Crippen LogP contribution in [0.3, 0.4) is 0 Å². The molecule has 0 atom stereocenters. The molecule has 126 valence electrons. The summed E-state index contributed by atoms with van der Waals surface area (Å²) < 4.78 is 2.65. The number of nitrogen functional groups attached to an aromatic ring is 2. The van der Waals surface area contributed by atoms with Crippen LogP contribution in [0.25, 0.3) is 11.0 Å². The van der Waals surface area contributed by atoms with Crippen molar-refractivity contribution in [3.63, 3.8) is 0 Å². The van der Waals surface area contributed by atoms with E-state index in [0.29, 0.717) is 22.5 Å². The van der Waals surface area contributed by atoms with Crippen LogP contribution in [0.5, 0.6) is 5.75 Å². The van der Waals surface area contributed by atoms with Crippen molar-refractivity contribution >= 4 is 38.6 Å². The summed E-state index contributed by atoms with van der Waals surface area (Å²) in [5.41, 5.74) is 15.3. The molecule has 0 saturated heterocycles. The van der Waals surface area contributed by atoms with Gasteiger partial charge in [0, 0.05) is 18.0 Å². The number of aryl methyl sites for hydroxylation is 2. The maximum absolute atomic E-state index is 10.0. The van der Waals surface area contributed by atoms with Gasteiger partial charge in [-0.2, -0.15) is 4.98 Å². The number of halogens is 1. The van der Waals surface area contributed by atoms with Gasteiger partial charge in [0.25, 0.3) is 0 Å². The molecular weight excluding hydrogens is 372 g/mol. The third kappa shape index (κ3) is 2.77. The summed E-state index contributed by atoms with van der Waals surface area (Å²) in [6.45, 7) is 4.27. The second kappa shape index (κ2) is 6.27. The largest absolute Gasteiger partial charge is 0.504 e. The molecule has 0 spiro atoms. The summed E-state index contributed by atoms with van der Waals surface area (Å²) in [5.74, 6) is 0.225. The Morgan fingerprint density at radius 2 is 2.00 bits per heavy atom. The highest BCUT2D eigenvalue weighted by Crippen LogP contribution is 2.31. The second-order valence-corrected chi connectivity index (χ2v) is 6.49. The fourth-order valence-electron chi connectivity index (χ4n) is 2.78. The first-order valence-electron chi connectivity index (χ1n) is 7.66. The number of aromatic nitrogens is 4. The van der Waals surface area contributed by atoms with Gasteiger partial charge in [-0.25, -0.2) is 4.98 Å². The minimum atomic E-state index is 0.0214. The van der Waals surface area contributed by atoms with Crippen molar-refractivity contribution in [2.45, 2.75) is 33.2 Å². The van der Waals surface area contributed by atoms with E-state index in [1.54, 1.807) is 13.1 Å². The highest BCUT2D eigenvalue weighted by Gasteiger charge is 2.16. The lowest BCUT2D eigenvalue weighted by Gasteiger charge is -2.10. The molecule has 7 nitrogen and oxygen atoms in total. The molecule has 0 aromatic carbocycles. The van der Waals surface area contributed by atoms with Crippen LogP contribution < -0.4 is 11.5 Å². The van der Waals surface area contributed by atoms with Crippen LogP contribution in [-0.2, 0) is 13.0 Å². The van der Waals surface area contributed by atoms with E-state index >= 15 is 0 Å². The Morgan fingerprint density at radius 3 is 2.71 bits per heavy atom. The van der Waals surface area contributed by atoms with Crippen molar-refractivity contribution < 1.29 is 5.11 Å². The quantitative estimate of drug-likeness (QED) is 0.589. The minimum Gasteiger partial charge on any atom is -0.504 e. The molecule has 0 aliphatic rings. The van der Waals surface area contributed by atoms with Crippen LogP contribution in [0.2, 0.25) is 0 Å². The van der Waals surface area contributed by atoms with E-state index in [9.17, 15) is 5.11 Å². The summed E-state index contributed by atoms with van der Waals surface area (Å²) in [5, 5.41) is 11.0. The summed E-state index contributed by atoms with van der Waals surface area (Å²) >= 11 is 3.48. The number of anilines is 2. The lowest BCUT2D eigenvalue weighted by Crippen LogP contribution is -2.06. The zero-order valence-corrected chi connectivity index (χ0v) is 15.1. The van der Waals surface area contributed by atoms with Gasteiger partial charge in [0.15, 0.2) is 5.75 Å². The van der Waals surface area contributed by atoms with Crippen LogP contribution in [-0.4, -0.2) is 24.6 Å². The molecule has 3 aromatic rings. The Bertz CT molecular complexity index is 921. The van der Waals surface area contributed by atoms with E-state index < -0.39 is 0 Å². The number of hydrogen-bond donors (Lipinski definition) is 3. The van der Waals surface area contributed by atoms with E-state index in [-0.39, 0.29) is 11.7 Å². The monoisotopic (exact) mass is 390 g/mol. The average molecular weight is 391 g/mol. The van der Waals surface area contributed by atoms with Gasteiger partial charge in [-0.3, -0.25) is 4.98 Å². The fourth-order valence-corrected chi connectivity index (χ4v) is 3.39. The van der Waals surface area contributed by atoms with Crippen molar-refractivity contribution in [2.75, 3.05) is 11.5 Å². The van der Waals surface area contributed by atoms with Crippen LogP contribution in [0, 0.1) is 6.92 Å². The lowest BCUT2D eigenvalue weighted by molar-refractivity contribution is 0.469. The third-order valence-corrected chi connectivity index (χ3v) is 4.56. The first-order chi connectivity index (χ1) is 11.4. The maximum atomic E-state index is 10.0. The highest BCUT2D eigenvalue weighted by atomic mass is 79.9. The van der Waals surface area contributed by atoms with E-state index in [4.69, 9.17) is 11.5 Å². The molecular formula is C16H19BrN6O. The van der Waals surface area contributed by atoms with Crippen molar-refractivity contribution in [2.24, 2.45) is 0 Å². The second-order valence-electron chi connectivity index (χ2n) is 5.73. The van der Waals surface area contributed by atoms with E-state index in [1.165, 1.54) is 0 Å². The molecule has 3 heterocycles. The number of rotatable bonds is 4. The van der Waals surface area contributed by atoms with Crippen molar-refractivity contribution in [1.82, 2.24) is 19.5 Å². The molecule has 0 unspecified atom stereocenters. The molecule has 0 radical (unpaired) electrons. The number of pyridine rings is 1. The standard InChI is InChI=1S/C16H19BrN6O/c1-3-4-9-6-23(15-11(9)14(17)21-16(19)22-15)7-10-5-20-8(2)13(24)12(10)18/h5-6,24H,3-4,7H2,1-2H3,(H2,18,20)(H2,19,21,22). The van der Waals surface area contributed by atoms with E-state index in [1.807, 2.05) is 10.8 Å².